The van der Waals surface area contributed by atoms with Crippen molar-refractivity contribution in [1.82, 2.24) is 10.6 Å². The predicted octanol–water partition coefficient (Wildman–Crippen LogP) is 3.63. The summed E-state index contributed by atoms with van der Waals surface area (Å²) in [6.07, 6.45) is 2.75. The second kappa shape index (κ2) is 7.16. The number of hydrogen-bond donors (Lipinski definition) is 2. The number of nitrogens with one attached hydrogen (secondary N) is 2. The van der Waals surface area contributed by atoms with Gasteiger partial charge in [0.05, 0.1) is 0 Å². The fraction of sp³-hybridized carbons (Fsp3) is 0.389. The van der Waals surface area contributed by atoms with Crippen molar-refractivity contribution in [3.63, 3.8) is 0 Å². The van der Waals surface area contributed by atoms with Gasteiger partial charge in [0.2, 0.25) is 5.91 Å². The zero-order valence-corrected chi connectivity index (χ0v) is 13.7. The summed E-state index contributed by atoms with van der Waals surface area (Å²) in [6, 6.07) is 15.2. The monoisotopic (exact) mass is 314 g/mol. The molecule has 2 atom stereocenters. The van der Waals surface area contributed by atoms with E-state index < -0.39 is 0 Å². The number of thioether (sulfide) groups is 1. The summed E-state index contributed by atoms with van der Waals surface area (Å²) in [5.41, 5.74) is 1.33. The highest BCUT2D eigenvalue weighted by molar-refractivity contribution is 7.99. The summed E-state index contributed by atoms with van der Waals surface area (Å²) < 4.78 is 0. The summed E-state index contributed by atoms with van der Waals surface area (Å²) in [4.78, 5) is 11.8. The van der Waals surface area contributed by atoms with E-state index in [0.29, 0.717) is 12.5 Å². The Kier molecular flexibility index (Phi) is 5.01. The molecule has 1 aliphatic heterocycles. The van der Waals surface area contributed by atoms with Crippen LogP contribution in [0, 0.1) is 0 Å². The Morgan fingerprint density at radius 3 is 2.86 bits per heavy atom. The minimum atomic E-state index is 0.0109. The van der Waals surface area contributed by atoms with E-state index in [2.05, 4.69) is 60.0 Å². The van der Waals surface area contributed by atoms with Crippen LogP contribution < -0.4 is 10.6 Å². The van der Waals surface area contributed by atoms with E-state index in [1.54, 1.807) is 11.8 Å². The van der Waals surface area contributed by atoms with Gasteiger partial charge in [0.1, 0.15) is 5.50 Å². The molecule has 3 rings (SSSR count). The molecule has 2 aromatic rings. The minimum absolute atomic E-state index is 0.0109. The number of carbonyl (C=O) groups is 1. The number of rotatable bonds is 5. The zero-order valence-electron chi connectivity index (χ0n) is 12.8. The number of benzene rings is 2. The predicted molar refractivity (Wildman–Crippen MR) is 93.6 cm³/mol. The molecule has 0 radical (unpaired) electrons. The van der Waals surface area contributed by atoms with Gasteiger partial charge in [0.25, 0.3) is 0 Å². The van der Waals surface area contributed by atoms with Gasteiger partial charge in [-0.25, -0.2) is 0 Å². The van der Waals surface area contributed by atoms with Gasteiger partial charge >= 0.3 is 0 Å². The van der Waals surface area contributed by atoms with Gasteiger partial charge in [-0.1, -0.05) is 55.8 Å². The molecule has 0 saturated carbocycles. The normalized spacial score (nSPS) is 21.8. The second-order valence-corrected chi connectivity index (χ2v) is 6.85. The standard InChI is InChI=1S/C18H22N2OS/c1-2-6-15-11-17(21)20-18(19-15)22-12-14-9-5-8-13-7-3-4-10-16(13)14/h3-5,7-10,15,18-19H,2,6,11-12H2,1H3,(H,20,21). The van der Waals surface area contributed by atoms with E-state index >= 15 is 0 Å². The van der Waals surface area contributed by atoms with Crippen molar-refractivity contribution in [2.75, 3.05) is 0 Å². The Balaban J connectivity index is 1.67. The van der Waals surface area contributed by atoms with Crippen molar-refractivity contribution in [3.8, 4) is 0 Å². The number of hydrogen-bond acceptors (Lipinski definition) is 3. The summed E-state index contributed by atoms with van der Waals surface area (Å²) >= 11 is 1.76. The fourth-order valence-corrected chi connectivity index (χ4v) is 4.06. The molecule has 0 spiro atoms. The van der Waals surface area contributed by atoms with Crippen LogP contribution in [0.15, 0.2) is 42.5 Å². The van der Waals surface area contributed by atoms with E-state index in [0.717, 1.165) is 18.6 Å². The average Bonchev–Trinajstić information content (AvgIpc) is 2.53. The lowest BCUT2D eigenvalue weighted by atomic mass is 10.1. The number of carbonyl (C=O) groups excluding carboxylic acids is 1. The Morgan fingerprint density at radius 1 is 1.18 bits per heavy atom. The lowest BCUT2D eigenvalue weighted by Gasteiger charge is -2.31. The molecule has 1 aliphatic rings. The van der Waals surface area contributed by atoms with Crippen molar-refractivity contribution in [3.05, 3.63) is 48.0 Å². The molecule has 1 saturated heterocycles. The van der Waals surface area contributed by atoms with Crippen molar-refractivity contribution in [2.24, 2.45) is 0 Å². The summed E-state index contributed by atoms with van der Waals surface area (Å²) in [6.45, 7) is 2.16. The third-order valence-electron chi connectivity index (χ3n) is 4.03. The quantitative estimate of drug-likeness (QED) is 0.885. The SMILES string of the molecule is CCCC1CC(=O)NC(SCc2cccc3ccccc23)N1. The van der Waals surface area contributed by atoms with Crippen LogP contribution in [0.1, 0.15) is 31.7 Å². The molecule has 0 aromatic heterocycles. The molecule has 116 valence electrons. The maximum absolute atomic E-state index is 11.8. The van der Waals surface area contributed by atoms with Gasteiger partial charge in [-0.2, -0.15) is 0 Å². The number of fused-ring (bicyclic) bond motifs is 1. The van der Waals surface area contributed by atoms with Crippen molar-refractivity contribution < 1.29 is 4.79 Å². The number of amides is 1. The Bertz CT molecular complexity index is 653. The van der Waals surface area contributed by atoms with E-state index in [1.807, 2.05) is 0 Å². The molecular weight excluding hydrogens is 292 g/mol. The van der Waals surface area contributed by atoms with Crippen LogP contribution in [0.4, 0.5) is 0 Å². The largest absolute Gasteiger partial charge is 0.332 e. The van der Waals surface area contributed by atoms with Crippen LogP contribution in [-0.4, -0.2) is 17.4 Å². The molecule has 0 bridgehead atoms. The highest BCUT2D eigenvalue weighted by Crippen LogP contribution is 2.25. The molecule has 1 fully saturated rings. The van der Waals surface area contributed by atoms with Gasteiger partial charge in [-0.3, -0.25) is 10.1 Å². The highest BCUT2D eigenvalue weighted by Gasteiger charge is 2.25. The lowest BCUT2D eigenvalue weighted by molar-refractivity contribution is -0.123. The maximum Gasteiger partial charge on any atom is 0.223 e. The third-order valence-corrected chi connectivity index (χ3v) is 5.10. The first kappa shape index (κ1) is 15.4. The van der Waals surface area contributed by atoms with Gasteiger partial charge in [0.15, 0.2) is 0 Å². The van der Waals surface area contributed by atoms with Crippen LogP contribution in [0.25, 0.3) is 10.8 Å². The molecule has 3 nitrogen and oxygen atoms in total. The summed E-state index contributed by atoms with van der Waals surface area (Å²) in [5.74, 6) is 1.05. The van der Waals surface area contributed by atoms with Gasteiger partial charge in [-0.15, -0.1) is 11.8 Å². The molecule has 2 N–H and O–H groups in total. The smallest absolute Gasteiger partial charge is 0.223 e. The minimum Gasteiger partial charge on any atom is -0.332 e. The van der Waals surface area contributed by atoms with Gasteiger partial charge in [-0.05, 0) is 22.8 Å². The topological polar surface area (TPSA) is 41.1 Å². The van der Waals surface area contributed by atoms with E-state index in [1.165, 1.54) is 16.3 Å². The van der Waals surface area contributed by atoms with E-state index in [-0.39, 0.29) is 11.4 Å². The van der Waals surface area contributed by atoms with Gasteiger partial charge < -0.3 is 5.32 Å². The first-order valence-electron chi connectivity index (χ1n) is 7.90. The average molecular weight is 314 g/mol. The Morgan fingerprint density at radius 2 is 2.00 bits per heavy atom. The zero-order chi connectivity index (χ0) is 15.4. The molecule has 0 aliphatic carbocycles. The molecule has 4 heteroatoms. The van der Waals surface area contributed by atoms with E-state index in [4.69, 9.17) is 0 Å². The van der Waals surface area contributed by atoms with Crippen LogP contribution in [0.2, 0.25) is 0 Å². The van der Waals surface area contributed by atoms with Crippen LogP contribution in [0.5, 0.6) is 0 Å². The Labute approximate surface area is 135 Å². The lowest BCUT2D eigenvalue weighted by Crippen LogP contribution is -2.54. The van der Waals surface area contributed by atoms with Crippen molar-refractivity contribution in [2.45, 2.75) is 43.5 Å². The highest BCUT2D eigenvalue weighted by atomic mass is 32.2. The molecular formula is C18H22N2OS. The van der Waals surface area contributed by atoms with Crippen molar-refractivity contribution >= 4 is 28.4 Å². The fourth-order valence-electron chi connectivity index (χ4n) is 2.96. The van der Waals surface area contributed by atoms with Crippen LogP contribution >= 0.6 is 11.8 Å². The molecule has 2 unspecified atom stereocenters. The summed E-state index contributed by atoms with van der Waals surface area (Å²) in [7, 11) is 0. The maximum atomic E-state index is 11.8. The second-order valence-electron chi connectivity index (χ2n) is 5.75. The third kappa shape index (κ3) is 3.62. The molecule has 1 amide bonds. The van der Waals surface area contributed by atoms with Crippen LogP contribution in [0.3, 0.4) is 0 Å². The Hall–Kier alpha value is -1.52. The molecule has 1 heterocycles. The van der Waals surface area contributed by atoms with Crippen molar-refractivity contribution in [1.29, 1.82) is 0 Å². The van der Waals surface area contributed by atoms with E-state index in [9.17, 15) is 4.79 Å². The molecule has 22 heavy (non-hydrogen) atoms. The first-order valence-corrected chi connectivity index (χ1v) is 8.95. The van der Waals surface area contributed by atoms with Crippen LogP contribution in [-0.2, 0) is 10.5 Å². The van der Waals surface area contributed by atoms with Gasteiger partial charge in [0, 0.05) is 18.2 Å². The summed E-state index contributed by atoms with van der Waals surface area (Å²) in [5, 5.41) is 9.13. The molecule has 2 aromatic carbocycles. The first-order chi connectivity index (χ1) is 10.8.